The predicted octanol–water partition coefficient (Wildman–Crippen LogP) is 5.69. The van der Waals surface area contributed by atoms with E-state index in [1.165, 1.54) is 15.9 Å². The maximum Gasteiger partial charge on any atom is 2.00 e. The molecule has 0 aliphatic carbocycles. The van der Waals surface area contributed by atoms with Gasteiger partial charge in [-0.25, -0.2) is 48.5 Å². The normalized spacial score (nSPS) is 9.14. The first kappa shape index (κ1) is 25.1. The van der Waals surface area contributed by atoms with Gasteiger partial charge in [0.05, 0.1) is 0 Å². The zero-order valence-corrected chi connectivity index (χ0v) is 19.0. The monoisotopic (exact) mass is 478 g/mol. The number of benzene rings is 1. The van der Waals surface area contributed by atoms with Crippen LogP contribution in [0.4, 0.5) is 0 Å². The van der Waals surface area contributed by atoms with Gasteiger partial charge in [0.25, 0.3) is 0 Å². The molecular formula is C26H23Fe2P. The molecule has 0 fully saturated rings. The molecule has 29 heavy (non-hydrogen) atoms. The summed E-state index contributed by atoms with van der Waals surface area (Å²) < 4.78 is 0. The third kappa shape index (κ3) is 8.55. The van der Waals surface area contributed by atoms with Gasteiger partial charge in [-0.05, 0) is 5.30 Å². The van der Waals surface area contributed by atoms with Crippen molar-refractivity contribution in [3.05, 3.63) is 140 Å². The average molecular weight is 478 g/mol. The smallest absolute Gasteiger partial charge is 0.214 e. The molecule has 148 valence electrons. The van der Waals surface area contributed by atoms with Gasteiger partial charge in [-0.15, -0.1) is 18.5 Å². The molecule has 0 bridgehead atoms. The molecule has 0 spiro atoms. The molecule has 5 aromatic carbocycles. The molecule has 0 unspecified atom stereocenters. The molecule has 0 aliphatic rings. The Hall–Kier alpha value is -1.91. The number of hydrogen-bond acceptors (Lipinski definition) is 0. The van der Waals surface area contributed by atoms with Gasteiger partial charge in [0.2, 0.25) is 0 Å². The molecule has 3 heteroatoms. The Labute approximate surface area is 196 Å². The molecule has 0 aliphatic heterocycles. The van der Waals surface area contributed by atoms with E-state index in [-0.39, 0.29) is 42.1 Å². The largest absolute Gasteiger partial charge is 2.00 e. The molecule has 0 aromatic heterocycles. The fourth-order valence-electron chi connectivity index (χ4n) is 2.69. The molecule has 0 N–H and O–H groups in total. The van der Waals surface area contributed by atoms with E-state index in [0.717, 1.165) is 0 Å². The molecule has 0 nitrogen and oxygen atoms in total. The van der Waals surface area contributed by atoms with Crippen LogP contribution in [-0.4, -0.2) is 0 Å². The van der Waals surface area contributed by atoms with Gasteiger partial charge < -0.3 is 0 Å². The second kappa shape index (κ2) is 15.0. The molecule has 0 heterocycles. The van der Waals surface area contributed by atoms with E-state index in [9.17, 15) is 0 Å². The van der Waals surface area contributed by atoms with Gasteiger partial charge >= 0.3 is 34.1 Å². The average Bonchev–Trinajstić information content (AvgIpc) is 3.55. The minimum Gasteiger partial charge on any atom is -0.214 e. The summed E-state index contributed by atoms with van der Waals surface area (Å²) in [6.45, 7) is 0. The van der Waals surface area contributed by atoms with Crippen molar-refractivity contribution in [3.63, 3.8) is 0 Å². The summed E-state index contributed by atoms with van der Waals surface area (Å²) in [5.41, 5.74) is 0. The molecule has 5 aromatic rings. The topological polar surface area (TPSA) is 0 Å². The first-order chi connectivity index (χ1) is 13.4. The Kier molecular flexibility index (Phi) is 13.0. The van der Waals surface area contributed by atoms with Crippen LogP contribution in [0.15, 0.2) is 140 Å². The van der Waals surface area contributed by atoms with Crippen molar-refractivity contribution in [2.45, 2.75) is 0 Å². The van der Waals surface area contributed by atoms with Crippen molar-refractivity contribution in [1.82, 2.24) is 0 Å². The van der Waals surface area contributed by atoms with Gasteiger partial charge in [0.1, 0.15) is 0 Å². The van der Waals surface area contributed by atoms with E-state index in [1.807, 2.05) is 60.7 Å². The Bertz CT molecular complexity index is 809. The minimum absolute atomic E-state index is 0. The summed E-state index contributed by atoms with van der Waals surface area (Å²) in [6.07, 6.45) is 0. The molecule has 0 saturated heterocycles. The SMILES string of the molecule is [Fe+2].[Fe+2].c1cc[cH-]c1.c1cc[cH-]c1.c1ccc(P([c-]2cccc2)[c-]2cccc2)cc1. The van der Waals surface area contributed by atoms with E-state index in [2.05, 4.69) is 78.9 Å². The summed E-state index contributed by atoms with van der Waals surface area (Å²) in [5, 5.41) is 4.27. The summed E-state index contributed by atoms with van der Waals surface area (Å²) in [7, 11) is -0.372. The van der Waals surface area contributed by atoms with Gasteiger partial charge in [-0.2, -0.15) is 60.7 Å². The Morgan fingerprint density at radius 1 is 0.483 bits per heavy atom. The standard InChI is InChI=1S/C16H13P.2C5H5.2Fe/c1-2-8-14(9-3-1)17(15-10-4-5-11-15)16-12-6-7-13-16;2*1-2-4-5-3-1;;/h1-13H;2*1-5H;;/q-2;2*-1;2*+2. The van der Waals surface area contributed by atoms with Crippen molar-refractivity contribution < 1.29 is 34.1 Å². The van der Waals surface area contributed by atoms with Crippen LogP contribution < -0.4 is 15.9 Å². The maximum atomic E-state index is 2.23. The van der Waals surface area contributed by atoms with Crippen LogP contribution in [0.5, 0.6) is 0 Å². The van der Waals surface area contributed by atoms with Gasteiger partial charge in [-0.3, -0.25) is 0 Å². The Morgan fingerprint density at radius 2 is 0.862 bits per heavy atom. The quantitative estimate of drug-likeness (QED) is 0.178. The molecule has 0 saturated carbocycles. The predicted molar refractivity (Wildman–Crippen MR) is 120 cm³/mol. The van der Waals surface area contributed by atoms with Gasteiger partial charge in [-0.1, -0.05) is 30.3 Å². The second-order valence-corrected chi connectivity index (χ2v) is 8.10. The van der Waals surface area contributed by atoms with E-state index in [1.54, 1.807) is 0 Å². The molecule has 0 radical (unpaired) electrons. The van der Waals surface area contributed by atoms with Crippen LogP contribution in [0.1, 0.15) is 0 Å². The summed E-state index contributed by atoms with van der Waals surface area (Å²) in [6, 6.07) is 48.2. The Balaban J connectivity index is 0.000000290. The van der Waals surface area contributed by atoms with E-state index >= 15 is 0 Å². The van der Waals surface area contributed by atoms with Crippen LogP contribution in [0.3, 0.4) is 0 Å². The van der Waals surface area contributed by atoms with E-state index in [0.29, 0.717) is 0 Å². The fourth-order valence-corrected chi connectivity index (χ4v) is 5.00. The van der Waals surface area contributed by atoms with Crippen LogP contribution in [0.2, 0.25) is 0 Å². The van der Waals surface area contributed by atoms with E-state index < -0.39 is 0 Å². The molecule has 5 rings (SSSR count). The van der Waals surface area contributed by atoms with E-state index in [4.69, 9.17) is 0 Å². The van der Waals surface area contributed by atoms with Crippen LogP contribution >= 0.6 is 7.92 Å². The number of rotatable bonds is 3. The fraction of sp³-hybridized carbons (Fsp3) is 0. The van der Waals surface area contributed by atoms with Crippen molar-refractivity contribution in [3.8, 4) is 0 Å². The minimum atomic E-state index is -0.372. The zero-order chi connectivity index (χ0) is 18.6. The summed E-state index contributed by atoms with van der Waals surface area (Å²) in [5.74, 6) is 0. The van der Waals surface area contributed by atoms with Gasteiger partial charge in [0.15, 0.2) is 0 Å². The zero-order valence-electron chi connectivity index (χ0n) is 15.9. The van der Waals surface area contributed by atoms with Crippen LogP contribution in [0, 0.1) is 0 Å². The Morgan fingerprint density at radius 3 is 1.17 bits per heavy atom. The second-order valence-electron chi connectivity index (χ2n) is 5.88. The molecular weight excluding hydrogens is 455 g/mol. The number of hydrogen-bond donors (Lipinski definition) is 0. The van der Waals surface area contributed by atoms with Crippen LogP contribution in [0.25, 0.3) is 0 Å². The van der Waals surface area contributed by atoms with Crippen molar-refractivity contribution in [2.75, 3.05) is 0 Å². The molecule has 0 atom stereocenters. The summed E-state index contributed by atoms with van der Waals surface area (Å²) >= 11 is 0. The van der Waals surface area contributed by atoms with Gasteiger partial charge in [0, 0.05) is 0 Å². The molecule has 0 amide bonds. The van der Waals surface area contributed by atoms with Crippen molar-refractivity contribution in [2.24, 2.45) is 0 Å². The first-order valence-corrected chi connectivity index (χ1v) is 10.4. The third-order valence-electron chi connectivity index (χ3n) is 3.93. The van der Waals surface area contributed by atoms with Crippen molar-refractivity contribution >= 4 is 23.8 Å². The summed E-state index contributed by atoms with van der Waals surface area (Å²) in [4.78, 5) is 0. The third-order valence-corrected chi connectivity index (χ3v) is 6.38. The van der Waals surface area contributed by atoms with Crippen LogP contribution in [-0.2, 0) is 34.1 Å². The van der Waals surface area contributed by atoms with Crippen molar-refractivity contribution in [1.29, 1.82) is 0 Å². The first-order valence-electron chi connectivity index (χ1n) is 9.07. The maximum absolute atomic E-state index is 2.23.